The van der Waals surface area contributed by atoms with Crippen molar-refractivity contribution in [3.8, 4) is 11.3 Å². The monoisotopic (exact) mass is 408 g/mol. The van der Waals surface area contributed by atoms with E-state index in [2.05, 4.69) is 10.1 Å². The van der Waals surface area contributed by atoms with Crippen LogP contribution in [0.25, 0.3) is 22.4 Å². The normalized spacial score (nSPS) is 14.2. The molecule has 8 heteroatoms. The zero-order chi connectivity index (χ0) is 21.3. The summed E-state index contributed by atoms with van der Waals surface area (Å²) in [7, 11) is 0. The minimum Gasteiger partial charge on any atom is -0.450 e. The van der Waals surface area contributed by atoms with Crippen LogP contribution < -0.4 is 0 Å². The third-order valence-electron chi connectivity index (χ3n) is 5.29. The summed E-state index contributed by atoms with van der Waals surface area (Å²) < 4.78 is 10.4. The molecule has 1 saturated heterocycles. The number of rotatable bonds is 3. The summed E-state index contributed by atoms with van der Waals surface area (Å²) in [5.74, 6) is -0.120. The maximum absolute atomic E-state index is 13.4. The van der Waals surface area contributed by atoms with Crippen LogP contribution in [-0.2, 0) is 4.74 Å². The fourth-order valence-electron chi connectivity index (χ4n) is 3.61. The Morgan fingerprint density at radius 1 is 1.07 bits per heavy atom. The highest BCUT2D eigenvalue weighted by Crippen LogP contribution is 2.28. The van der Waals surface area contributed by atoms with Crippen LogP contribution >= 0.6 is 0 Å². The Labute approximate surface area is 174 Å². The molecule has 0 aliphatic carbocycles. The molecule has 0 bridgehead atoms. The molecule has 0 radical (unpaired) electrons. The largest absolute Gasteiger partial charge is 0.450 e. The van der Waals surface area contributed by atoms with Gasteiger partial charge in [-0.25, -0.2) is 9.78 Å². The molecule has 2 amide bonds. The number of piperazine rings is 1. The zero-order valence-electron chi connectivity index (χ0n) is 17.3. The van der Waals surface area contributed by atoms with E-state index in [1.54, 1.807) is 29.7 Å². The molecule has 8 nitrogen and oxygen atoms in total. The van der Waals surface area contributed by atoms with Crippen molar-refractivity contribution in [3.63, 3.8) is 0 Å². The van der Waals surface area contributed by atoms with Gasteiger partial charge < -0.3 is 19.1 Å². The first-order chi connectivity index (χ1) is 14.5. The van der Waals surface area contributed by atoms with E-state index < -0.39 is 0 Å². The van der Waals surface area contributed by atoms with Crippen LogP contribution in [0.5, 0.6) is 0 Å². The number of carbonyl (C=O) groups excluding carboxylic acids is 2. The summed E-state index contributed by atoms with van der Waals surface area (Å²) >= 11 is 0. The highest BCUT2D eigenvalue weighted by molar-refractivity contribution is 6.07. The van der Waals surface area contributed by atoms with E-state index in [1.807, 2.05) is 31.2 Å². The number of pyridine rings is 1. The molecule has 30 heavy (non-hydrogen) atoms. The second-order valence-corrected chi connectivity index (χ2v) is 7.35. The number of aromatic nitrogens is 2. The van der Waals surface area contributed by atoms with Crippen molar-refractivity contribution in [2.24, 2.45) is 0 Å². The molecule has 0 saturated carbocycles. The lowest BCUT2D eigenvalue weighted by atomic mass is 10.0. The van der Waals surface area contributed by atoms with Gasteiger partial charge in [0.25, 0.3) is 11.6 Å². The maximum Gasteiger partial charge on any atom is 0.409 e. The quantitative estimate of drug-likeness (QED) is 0.660. The first kappa shape index (κ1) is 19.9. The maximum atomic E-state index is 13.4. The Morgan fingerprint density at radius 3 is 2.40 bits per heavy atom. The molecule has 1 fully saturated rings. The van der Waals surface area contributed by atoms with Crippen LogP contribution in [0.3, 0.4) is 0 Å². The second-order valence-electron chi connectivity index (χ2n) is 7.35. The molecule has 3 aromatic rings. The molecule has 1 aliphatic rings. The molecule has 0 N–H and O–H groups in total. The van der Waals surface area contributed by atoms with Crippen molar-refractivity contribution >= 4 is 23.1 Å². The van der Waals surface area contributed by atoms with Crippen LogP contribution in [-0.4, -0.2) is 64.7 Å². The van der Waals surface area contributed by atoms with Crippen LogP contribution in [0.4, 0.5) is 4.79 Å². The zero-order valence-corrected chi connectivity index (χ0v) is 17.3. The first-order valence-electron chi connectivity index (χ1n) is 10.0. The standard InChI is InChI=1S/C22H24N4O4/c1-4-29-22(28)26-11-9-25(10-12-26)21(27)17-13-18(16-7-5-14(2)6-8-16)23-20-19(17)15(3)24-30-20/h5-8,13H,4,9-12H2,1-3H3. The van der Waals surface area contributed by atoms with Crippen LogP contribution in [0.2, 0.25) is 0 Å². The Kier molecular flexibility index (Phi) is 5.39. The number of amides is 2. The van der Waals surface area contributed by atoms with E-state index in [-0.39, 0.29) is 12.0 Å². The molecular weight excluding hydrogens is 384 g/mol. The molecule has 4 rings (SSSR count). The number of benzene rings is 1. The van der Waals surface area contributed by atoms with Crippen molar-refractivity contribution in [2.75, 3.05) is 32.8 Å². The fraction of sp³-hybridized carbons (Fsp3) is 0.364. The van der Waals surface area contributed by atoms with Gasteiger partial charge in [0.05, 0.1) is 28.9 Å². The van der Waals surface area contributed by atoms with Gasteiger partial charge in [0.1, 0.15) is 0 Å². The van der Waals surface area contributed by atoms with Crippen molar-refractivity contribution < 1.29 is 18.8 Å². The Morgan fingerprint density at radius 2 is 1.73 bits per heavy atom. The van der Waals surface area contributed by atoms with Crippen molar-refractivity contribution in [1.82, 2.24) is 19.9 Å². The summed E-state index contributed by atoms with van der Waals surface area (Å²) in [4.78, 5) is 33.3. The van der Waals surface area contributed by atoms with Gasteiger partial charge in [-0.3, -0.25) is 4.79 Å². The molecule has 0 unspecified atom stereocenters. The third kappa shape index (κ3) is 3.72. The molecule has 156 valence electrons. The van der Waals surface area contributed by atoms with Gasteiger partial charge in [-0.1, -0.05) is 35.0 Å². The summed E-state index contributed by atoms with van der Waals surface area (Å²) in [6.07, 6.45) is -0.340. The van der Waals surface area contributed by atoms with E-state index in [1.165, 1.54) is 0 Å². The first-order valence-corrected chi connectivity index (χ1v) is 10.0. The number of ether oxygens (including phenoxy) is 1. The molecule has 1 aromatic carbocycles. The lowest BCUT2D eigenvalue weighted by Gasteiger charge is -2.34. The molecular formula is C22H24N4O4. The number of carbonyl (C=O) groups is 2. The molecule has 3 heterocycles. The number of hydrogen-bond acceptors (Lipinski definition) is 6. The lowest BCUT2D eigenvalue weighted by molar-refractivity contribution is 0.0572. The number of aryl methyl sites for hydroxylation is 2. The third-order valence-corrected chi connectivity index (χ3v) is 5.29. The molecule has 0 atom stereocenters. The van der Waals surface area contributed by atoms with E-state index in [0.29, 0.717) is 60.8 Å². The van der Waals surface area contributed by atoms with Crippen LogP contribution in [0.15, 0.2) is 34.9 Å². The minimum absolute atomic E-state index is 0.120. The summed E-state index contributed by atoms with van der Waals surface area (Å²) in [6, 6.07) is 9.75. The van der Waals surface area contributed by atoms with Crippen LogP contribution in [0.1, 0.15) is 28.5 Å². The summed E-state index contributed by atoms with van der Waals surface area (Å²) in [5, 5.41) is 4.64. The van der Waals surface area contributed by atoms with Gasteiger partial charge in [0.15, 0.2) is 0 Å². The van der Waals surface area contributed by atoms with Gasteiger partial charge >= 0.3 is 6.09 Å². The Hall–Kier alpha value is -3.42. The Balaban J connectivity index is 1.64. The van der Waals surface area contributed by atoms with Gasteiger partial charge in [0.2, 0.25) is 0 Å². The van der Waals surface area contributed by atoms with Crippen molar-refractivity contribution in [3.05, 3.63) is 47.2 Å². The lowest BCUT2D eigenvalue weighted by Crippen LogP contribution is -2.50. The van der Waals surface area contributed by atoms with Crippen molar-refractivity contribution in [1.29, 1.82) is 0 Å². The summed E-state index contributed by atoms with van der Waals surface area (Å²) in [6.45, 7) is 7.68. The average Bonchev–Trinajstić information content (AvgIpc) is 3.14. The van der Waals surface area contributed by atoms with Gasteiger partial charge in [-0.15, -0.1) is 0 Å². The van der Waals surface area contributed by atoms with Crippen molar-refractivity contribution in [2.45, 2.75) is 20.8 Å². The van der Waals surface area contributed by atoms with E-state index in [9.17, 15) is 9.59 Å². The highest BCUT2D eigenvalue weighted by atomic mass is 16.6. The van der Waals surface area contributed by atoms with Gasteiger partial charge in [-0.05, 0) is 26.8 Å². The fourth-order valence-corrected chi connectivity index (χ4v) is 3.61. The van der Waals surface area contributed by atoms with Gasteiger partial charge in [-0.2, -0.15) is 0 Å². The number of nitrogens with zero attached hydrogens (tertiary/aromatic N) is 4. The number of fused-ring (bicyclic) bond motifs is 1. The predicted molar refractivity (Wildman–Crippen MR) is 111 cm³/mol. The van der Waals surface area contributed by atoms with Crippen LogP contribution in [0, 0.1) is 13.8 Å². The number of hydrogen-bond donors (Lipinski definition) is 0. The SMILES string of the molecule is CCOC(=O)N1CCN(C(=O)c2cc(-c3ccc(C)cc3)nc3onc(C)c23)CC1. The topological polar surface area (TPSA) is 88.8 Å². The summed E-state index contributed by atoms with van der Waals surface area (Å²) in [5.41, 5.74) is 4.19. The molecule has 1 aliphatic heterocycles. The minimum atomic E-state index is -0.340. The van der Waals surface area contributed by atoms with E-state index >= 15 is 0 Å². The Bertz CT molecular complexity index is 1080. The predicted octanol–water partition coefficient (Wildman–Crippen LogP) is 3.42. The highest BCUT2D eigenvalue weighted by Gasteiger charge is 2.28. The molecule has 2 aromatic heterocycles. The molecule has 0 spiro atoms. The van der Waals surface area contributed by atoms with E-state index in [0.717, 1.165) is 11.1 Å². The van der Waals surface area contributed by atoms with Gasteiger partial charge in [0, 0.05) is 31.7 Å². The average molecular weight is 408 g/mol. The van der Waals surface area contributed by atoms with E-state index in [4.69, 9.17) is 9.26 Å². The smallest absolute Gasteiger partial charge is 0.409 e. The second kappa shape index (κ2) is 8.14.